The van der Waals surface area contributed by atoms with Gasteiger partial charge in [0.1, 0.15) is 5.54 Å². The highest BCUT2D eigenvalue weighted by molar-refractivity contribution is 5.07. The Kier molecular flexibility index (Phi) is 5.68. The zero-order chi connectivity index (χ0) is 10.3. The van der Waals surface area contributed by atoms with E-state index in [-0.39, 0.29) is 0 Å². The van der Waals surface area contributed by atoms with Gasteiger partial charge in [-0.3, -0.25) is 5.32 Å². The summed E-state index contributed by atoms with van der Waals surface area (Å²) < 4.78 is 5.05. The van der Waals surface area contributed by atoms with Gasteiger partial charge in [0.2, 0.25) is 0 Å². The molecule has 3 heteroatoms. The fourth-order valence-corrected chi connectivity index (χ4v) is 1.21. The first-order valence-corrected chi connectivity index (χ1v) is 4.82. The standard InChI is InChI=1S/C10H20N2O/c1-5-9(3)12-10(6-2,7-11)8-13-4/h9,12H,5-6,8H2,1-4H3. The van der Waals surface area contributed by atoms with E-state index in [9.17, 15) is 0 Å². The lowest BCUT2D eigenvalue weighted by Gasteiger charge is -2.29. The van der Waals surface area contributed by atoms with E-state index >= 15 is 0 Å². The van der Waals surface area contributed by atoms with Crippen molar-refractivity contribution in [3.05, 3.63) is 0 Å². The lowest BCUT2D eigenvalue weighted by Crippen LogP contribution is -2.51. The molecular weight excluding hydrogens is 164 g/mol. The van der Waals surface area contributed by atoms with Crippen LogP contribution in [-0.2, 0) is 4.74 Å². The molecule has 3 nitrogen and oxygen atoms in total. The Hall–Kier alpha value is -0.590. The Bertz CT molecular complexity index is 176. The fraction of sp³-hybridized carbons (Fsp3) is 0.900. The summed E-state index contributed by atoms with van der Waals surface area (Å²) in [6, 6.07) is 2.65. The lowest BCUT2D eigenvalue weighted by atomic mass is 9.97. The summed E-state index contributed by atoms with van der Waals surface area (Å²) in [4.78, 5) is 0. The van der Waals surface area contributed by atoms with Crippen molar-refractivity contribution >= 4 is 0 Å². The van der Waals surface area contributed by atoms with E-state index in [1.165, 1.54) is 0 Å². The minimum absolute atomic E-state index is 0.356. The second kappa shape index (κ2) is 5.95. The molecule has 0 saturated carbocycles. The Morgan fingerprint density at radius 3 is 2.46 bits per heavy atom. The van der Waals surface area contributed by atoms with Gasteiger partial charge in [-0.25, -0.2) is 0 Å². The molecule has 13 heavy (non-hydrogen) atoms. The predicted molar refractivity (Wildman–Crippen MR) is 53.4 cm³/mol. The van der Waals surface area contributed by atoms with Crippen LogP contribution in [0.3, 0.4) is 0 Å². The quantitative estimate of drug-likeness (QED) is 0.683. The molecule has 0 amide bonds. The fourth-order valence-electron chi connectivity index (χ4n) is 1.21. The van der Waals surface area contributed by atoms with E-state index in [0.29, 0.717) is 12.6 Å². The maximum Gasteiger partial charge on any atom is 0.130 e. The molecule has 76 valence electrons. The molecule has 0 aliphatic carbocycles. The van der Waals surface area contributed by atoms with Crippen molar-refractivity contribution in [1.29, 1.82) is 5.26 Å². The molecule has 0 fully saturated rings. The Morgan fingerprint density at radius 2 is 2.15 bits per heavy atom. The van der Waals surface area contributed by atoms with Crippen molar-refractivity contribution in [1.82, 2.24) is 5.32 Å². The van der Waals surface area contributed by atoms with E-state index in [1.54, 1.807) is 7.11 Å². The molecule has 0 spiro atoms. The van der Waals surface area contributed by atoms with Gasteiger partial charge in [-0.2, -0.15) is 5.26 Å². The molecule has 0 rings (SSSR count). The average molecular weight is 184 g/mol. The molecule has 0 aromatic rings. The van der Waals surface area contributed by atoms with Gasteiger partial charge >= 0.3 is 0 Å². The van der Waals surface area contributed by atoms with Crippen molar-refractivity contribution in [2.75, 3.05) is 13.7 Å². The molecule has 0 bridgehead atoms. The van der Waals surface area contributed by atoms with Gasteiger partial charge in [-0.05, 0) is 19.8 Å². The maximum absolute atomic E-state index is 9.06. The smallest absolute Gasteiger partial charge is 0.130 e. The van der Waals surface area contributed by atoms with E-state index in [2.05, 4.69) is 25.2 Å². The molecular formula is C10H20N2O. The molecule has 0 aromatic carbocycles. The highest BCUT2D eigenvalue weighted by Gasteiger charge is 2.28. The third-order valence-corrected chi connectivity index (χ3v) is 2.34. The number of rotatable bonds is 6. The van der Waals surface area contributed by atoms with Gasteiger partial charge in [0, 0.05) is 13.2 Å². The van der Waals surface area contributed by atoms with Crippen LogP contribution < -0.4 is 5.32 Å². The summed E-state index contributed by atoms with van der Waals surface area (Å²) in [6.45, 7) is 6.63. The molecule has 0 aliphatic heterocycles. The van der Waals surface area contributed by atoms with E-state index < -0.39 is 5.54 Å². The Morgan fingerprint density at radius 1 is 1.54 bits per heavy atom. The van der Waals surface area contributed by atoms with Gasteiger partial charge in [-0.15, -0.1) is 0 Å². The van der Waals surface area contributed by atoms with Gasteiger partial charge in [0.05, 0.1) is 12.7 Å². The number of nitrogens with zero attached hydrogens (tertiary/aromatic N) is 1. The number of nitrogens with one attached hydrogen (secondary N) is 1. The maximum atomic E-state index is 9.06. The largest absolute Gasteiger partial charge is 0.382 e. The molecule has 1 N–H and O–H groups in total. The number of hydrogen-bond donors (Lipinski definition) is 1. The molecule has 0 radical (unpaired) electrons. The summed E-state index contributed by atoms with van der Waals surface area (Å²) in [5, 5.41) is 12.4. The van der Waals surface area contributed by atoms with Crippen LogP contribution in [0.15, 0.2) is 0 Å². The molecule has 0 heterocycles. The number of ether oxygens (including phenoxy) is 1. The average Bonchev–Trinajstić information content (AvgIpc) is 2.17. The highest BCUT2D eigenvalue weighted by Crippen LogP contribution is 2.11. The minimum atomic E-state index is -0.510. The molecule has 0 aliphatic rings. The normalized spacial score (nSPS) is 17.5. The first kappa shape index (κ1) is 12.4. The van der Waals surface area contributed by atoms with Crippen LogP contribution in [0.25, 0.3) is 0 Å². The Labute approximate surface area is 81.1 Å². The predicted octanol–water partition coefficient (Wildman–Crippen LogP) is 1.69. The molecule has 0 aromatic heterocycles. The lowest BCUT2D eigenvalue weighted by molar-refractivity contribution is 0.128. The van der Waals surface area contributed by atoms with Crippen LogP contribution in [0, 0.1) is 11.3 Å². The van der Waals surface area contributed by atoms with Crippen LogP contribution in [0.5, 0.6) is 0 Å². The van der Waals surface area contributed by atoms with Gasteiger partial charge in [-0.1, -0.05) is 13.8 Å². The number of nitriles is 1. The van der Waals surface area contributed by atoms with Crippen molar-refractivity contribution < 1.29 is 4.74 Å². The van der Waals surface area contributed by atoms with Crippen molar-refractivity contribution in [3.8, 4) is 6.07 Å². The molecule has 2 unspecified atom stereocenters. The van der Waals surface area contributed by atoms with Crippen molar-refractivity contribution in [2.24, 2.45) is 0 Å². The van der Waals surface area contributed by atoms with Crippen molar-refractivity contribution in [3.63, 3.8) is 0 Å². The SMILES string of the molecule is CCC(C)NC(C#N)(CC)COC. The van der Waals surface area contributed by atoms with Crippen LogP contribution in [0.2, 0.25) is 0 Å². The number of hydrogen-bond acceptors (Lipinski definition) is 3. The zero-order valence-electron chi connectivity index (χ0n) is 9.05. The molecule has 0 saturated heterocycles. The van der Waals surface area contributed by atoms with E-state index in [0.717, 1.165) is 12.8 Å². The zero-order valence-corrected chi connectivity index (χ0v) is 9.05. The van der Waals surface area contributed by atoms with Crippen LogP contribution in [0.4, 0.5) is 0 Å². The van der Waals surface area contributed by atoms with Crippen molar-refractivity contribution in [2.45, 2.75) is 45.2 Å². The first-order chi connectivity index (χ1) is 6.14. The third-order valence-electron chi connectivity index (χ3n) is 2.34. The summed E-state index contributed by atoms with van der Waals surface area (Å²) in [5.74, 6) is 0. The Balaban J connectivity index is 4.31. The van der Waals surface area contributed by atoms with Gasteiger partial charge in [0.15, 0.2) is 0 Å². The van der Waals surface area contributed by atoms with E-state index in [4.69, 9.17) is 10.00 Å². The van der Waals surface area contributed by atoms with Gasteiger partial charge < -0.3 is 4.74 Å². The first-order valence-electron chi connectivity index (χ1n) is 4.82. The highest BCUT2D eigenvalue weighted by atomic mass is 16.5. The minimum Gasteiger partial charge on any atom is -0.382 e. The van der Waals surface area contributed by atoms with E-state index in [1.807, 2.05) is 6.92 Å². The third kappa shape index (κ3) is 3.75. The summed E-state index contributed by atoms with van der Waals surface area (Å²) in [7, 11) is 1.63. The summed E-state index contributed by atoms with van der Waals surface area (Å²) in [5.41, 5.74) is -0.510. The van der Waals surface area contributed by atoms with Gasteiger partial charge in [0.25, 0.3) is 0 Å². The summed E-state index contributed by atoms with van der Waals surface area (Å²) >= 11 is 0. The summed E-state index contributed by atoms with van der Waals surface area (Å²) in [6.07, 6.45) is 1.79. The van der Waals surface area contributed by atoms with Crippen LogP contribution >= 0.6 is 0 Å². The number of methoxy groups -OCH3 is 1. The van der Waals surface area contributed by atoms with Crippen LogP contribution in [0.1, 0.15) is 33.6 Å². The molecule has 2 atom stereocenters. The monoisotopic (exact) mass is 184 g/mol. The van der Waals surface area contributed by atoms with Crippen LogP contribution in [-0.4, -0.2) is 25.3 Å². The topological polar surface area (TPSA) is 45.0 Å². The second-order valence-electron chi connectivity index (χ2n) is 3.43. The second-order valence-corrected chi connectivity index (χ2v) is 3.43.